The molecule has 10 heteroatoms. The minimum Gasteiger partial charge on any atom is -0.339 e. The number of rotatable bonds is 8. The van der Waals surface area contributed by atoms with E-state index in [1.54, 1.807) is 18.0 Å². The Balaban J connectivity index is 1.57. The largest absolute Gasteiger partial charge is 0.339 e. The molecule has 2 aromatic carbocycles. The Morgan fingerprint density at radius 1 is 1.18 bits per heavy atom. The zero-order chi connectivity index (χ0) is 24.5. The molecule has 3 N–H and O–H groups in total. The summed E-state index contributed by atoms with van der Waals surface area (Å²) in [6.45, 7) is 2.02. The van der Waals surface area contributed by atoms with Crippen LogP contribution in [0.15, 0.2) is 59.8 Å². The Hall–Kier alpha value is -3.50. The fourth-order valence-corrected chi connectivity index (χ4v) is 4.60. The molecular formula is C24H27N5O4S. The van der Waals surface area contributed by atoms with E-state index in [0.717, 1.165) is 30.4 Å². The van der Waals surface area contributed by atoms with Crippen molar-refractivity contribution in [2.75, 3.05) is 12.4 Å². The number of sulfonamides is 1. The smallest absolute Gasteiger partial charge is 0.257 e. The van der Waals surface area contributed by atoms with Crippen molar-refractivity contribution in [3.63, 3.8) is 0 Å². The molecule has 0 radical (unpaired) electrons. The van der Waals surface area contributed by atoms with Gasteiger partial charge in [-0.1, -0.05) is 31.2 Å². The Morgan fingerprint density at radius 2 is 1.88 bits per heavy atom. The van der Waals surface area contributed by atoms with Gasteiger partial charge in [-0.15, -0.1) is 0 Å². The summed E-state index contributed by atoms with van der Waals surface area (Å²) in [5.41, 5.74) is 2.82. The molecule has 3 aromatic rings. The molecule has 0 saturated heterocycles. The number of nitrogens with one attached hydrogen (secondary N) is 1. The van der Waals surface area contributed by atoms with Gasteiger partial charge in [-0.2, -0.15) is 5.10 Å². The Labute approximate surface area is 198 Å². The fourth-order valence-electron chi connectivity index (χ4n) is 3.86. The normalized spacial score (nSPS) is 13.5. The van der Waals surface area contributed by atoms with Gasteiger partial charge >= 0.3 is 0 Å². The average Bonchev–Trinajstić information content (AvgIpc) is 3.54. The summed E-state index contributed by atoms with van der Waals surface area (Å²) in [5.74, 6) is -0.453. The molecule has 0 unspecified atom stereocenters. The fraction of sp³-hybridized carbons (Fsp3) is 0.292. The van der Waals surface area contributed by atoms with Gasteiger partial charge in [0.25, 0.3) is 5.91 Å². The van der Waals surface area contributed by atoms with Crippen LogP contribution in [-0.2, 0) is 27.7 Å². The van der Waals surface area contributed by atoms with Crippen LogP contribution in [0, 0.1) is 0 Å². The van der Waals surface area contributed by atoms with Crippen molar-refractivity contribution < 1.29 is 18.0 Å². The van der Waals surface area contributed by atoms with Crippen LogP contribution in [0.2, 0.25) is 0 Å². The molecule has 0 bridgehead atoms. The van der Waals surface area contributed by atoms with E-state index >= 15 is 0 Å². The van der Waals surface area contributed by atoms with Crippen LogP contribution in [0.4, 0.5) is 5.69 Å². The van der Waals surface area contributed by atoms with Gasteiger partial charge < -0.3 is 10.2 Å². The first-order valence-electron chi connectivity index (χ1n) is 11.0. The predicted octanol–water partition coefficient (Wildman–Crippen LogP) is 2.50. The number of anilines is 1. The van der Waals surface area contributed by atoms with Crippen molar-refractivity contribution in [3.8, 4) is 5.69 Å². The molecule has 1 aliphatic carbocycles. The monoisotopic (exact) mass is 481 g/mol. The van der Waals surface area contributed by atoms with E-state index in [1.807, 2.05) is 31.2 Å². The zero-order valence-electron chi connectivity index (χ0n) is 19.1. The molecule has 0 atom stereocenters. The van der Waals surface area contributed by atoms with Gasteiger partial charge in [0.1, 0.15) is 4.90 Å². The highest BCUT2D eigenvalue weighted by Gasteiger charge is 2.30. The molecule has 9 nitrogen and oxygen atoms in total. The van der Waals surface area contributed by atoms with E-state index in [0.29, 0.717) is 11.3 Å². The number of benzene rings is 2. The lowest BCUT2D eigenvalue weighted by Crippen LogP contribution is -2.28. The maximum Gasteiger partial charge on any atom is 0.257 e. The molecular weight excluding hydrogens is 454 g/mol. The SMILES string of the molecule is CCc1ccccc1CC(=O)Nc1ccc(-n2cc(C(=O)N(C)C3CC3)cn2)c(S(N)(=O)=O)c1. The average molecular weight is 482 g/mol. The van der Waals surface area contributed by atoms with Crippen LogP contribution in [0.1, 0.15) is 41.3 Å². The Bertz CT molecular complexity index is 1340. The number of nitrogens with zero attached hydrogens (tertiary/aromatic N) is 3. The summed E-state index contributed by atoms with van der Waals surface area (Å²) in [7, 11) is -2.41. The molecule has 34 heavy (non-hydrogen) atoms. The van der Waals surface area contributed by atoms with Crippen molar-refractivity contribution in [1.82, 2.24) is 14.7 Å². The highest BCUT2D eigenvalue weighted by molar-refractivity contribution is 7.89. The number of aryl methyl sites for hydroxylation is 1. The van der Waals surface area contributed by atoms with E-state index in [1.165, 1.54) is 29.2 Å². The van der Waals surface area contributed by atoms with Gasteiger partial charge in [-0.3, -0.25) is 9.59 Å². The van der Waals surface area contributed by atoms with E-state index in [-0.39, 0.29) is 34.9 Å². The predicted molar refractivity (Wildman–Crippen MR) is 128 cm³/mol. The van der Waals surface area contributed by atoms with Crippen LogP contribution < -0.4 is 10.5 Å². The van der Waals surface area contributed by atoms with Crippen LogP contribution in [-0.4, -0.2) is 48.0 Å². The van der Waals surface area contributed by atoms with Gasteiger partial charge in [0.15, 0.2) is 0 Å². The molecule has 1 saturated carbocycles. The van der Waals surface area contributed by atoms with Gasteiger partial charge in [0, 0.05) is 25.0 Å². The summed E-state index contributed by atoms with van der Waals surface area (Å²) in [6, 6.07) is 12.3. The Morgan fingerprint density at radius 3 is 2.53 bits per heavy atom. The van der Waals surface area contributed by atoms with Crippen LogP contribution in [0.5, 0.6) is 0 Å². The van der Waals surface area contributed by atoms with Crippen molar-refractivity contribution in [3.05, 3.63) is 71.5 Å². The summed E-state index contributed by atoms with van der Waals surface area (Å²) >= 11 is 0. The zero-order valence-corrected chi connectivity index (χ0v) is 19.9. The first kappa shape index (κ1) is 23.7. The molecule has 4 rings (SSSR count). The lowest BCUT2D eigenvalue weighted by Gasteiger charge is -2.14. The van der Waals surface area contributed by atoms with Crippen molar-refractivity contribution in [2.24, 2.45) is 5.14 Å². The molecule has 1 heterocycles. The molecule has 1 aliphatic rings. The second-order valence-corrected chi connectivity index (χ2v) is 9.93. The number of carbonyl (C=O) groups is 2. The first-order chi connectivity index (χ1) is 16.2. The minimum absolute atomic E-state index is 0.162. The standard InChI is InChI=1S/C24H27N5O4S/c1-3-16-6-4-5-7-17(16)12-23(30)27-19-8-11-21(22(13-19)34(25,32)33)29-15-18(14-26-29)24(31)28(2)20-9-10-20/h4-8,11,13-15,20H,3,9-10,12H2,1-2H3,(H,27,30)(H2,25,32,33). The minimum atomic E-state index is -4.15. The molecule has 178 valence electrons. The topological polar surface area (TPSA) is 127 Å². The maximum atomic E-state index is 12.6. The van der Waals surface area contributed by atoms with Crippen LogP contribution in [0.3, 0.4) is 0 Å². The van der Waals surface area contributed by atoms with E-state index < -0.39 is 10.0 Å². The first-order valence-corrected chi connectivity index (χ1v) is 12.6. The number of hydrogen-bond acceptors (Lipinski definition) is 5. The summed E-state index contributed by atoms with van der Waals surface area (Å²) in [4.78, 5) is 26.7. The molecule has 0 aliphatic heterocycles. The van der Waals surface area contributed by atoms with Gasteiger partial charge in [-0.05, 0) is 48.6 Å². The van der Waals surface area contributed by atoms with E-state index in [2.05, 4.69) is 10.4 Å². The van der Waals surface area contributed by atoms with E-state index in [9.17, 15) is 18.0 Å². The summed E-state index contributed by atoms with van der Waals surface area (Å²) in [6.07, 6.45) is 5.79. The maximum absolute atomic E-state index is 12.6. The molecule has 1 aromatic heterocycles. The van der Waals surface area contributed by atoms with Crippen molar-refractivity contribution in [1.29, 1.82) is 0 Å². The number of hydrogen-bond donors (Lipinski definition) is 2. The third-order valence-electron chi connectivity index (χ3n) is 5.89. The number of nitrogens with two attached hydrogens (primary N) is 1. The third kappa shape index (κ3) is 5.18. The quantitative estimate of drug-likeness (QED) is 0.511. The van der Waals surface area contributed by atoms with Crippen LogP contribution in [0.25, 0.3) is 5.69 Å². The highest BCUT2D eigenvalue weighted by atomic mass is 32.2. The van der Waals surface area contributed by atoms with Crippen molar-refractivity contribution in [2.45, 2.75) is 43.5 Å². The summed E-state index contributed by atoms with van der Waals surface area (Å²) < 4.78 is 26.0. The highest BCUT2D eigenvalue weighted by Crippen LogP contribution is 2.27. The number of primary sulfonamides is 1. The second-order valence-electron chi connectivity index (χ2n) is 8.40. The van der Waals surface area contributed by atoms with Gasteiger partial charge in [0.05, 0.1) is 23.9 Å². The van der Waals surface area contributed by atoms with Crippen LogP contribution >= 0.6 is 0 Å². The number of carbonyl (C=O) groups excluding carboxylic acids is 2. The van der Waals surface area contributed by atoms with E-state index in [4.69, 9.17) is 5.14 Å². The van der Waals surface area contributed by atoms with Gasteiger partial charge in [0.2, 0.25) is 15.9 Å². The lowest BCUT2D eigenvalue weighted by molar-refractivity contribution is -0.115. The number of amides is 2. The summed E-state index contributed by atoms with van der Waals surface area (Å²) in [5, 5.41) is 12.4. The Kier molecular flexibility index (Phi) is 6.54. The number of aromatic nitrogens is 2. The third-order valence-corrected chi connectivity index (χ3v) is 6.83. The lowest BCUT2D eigenvalue weighted by atomic mass is 10.0. The van der Waals surface area contributed by atoms with Crippen molar-refractivity contribution >= 4 is 27.5 Å². The van der Waals surface area contributed by atoms with Gasteiger partial charge in [-0.25, -0.2) is 18.2 Å². The second kappa shape index (κ2) is 9.40. The molecule has 0 spiro atoms. The molecule has 1 fully saturated rings. The molecule has 2 amide bonds.